The van der Waals surface area contributed by atoms with Gasteiger partial charge in [0.25, 0.3) is 0 Å². The van der Waals surface area contributed by atoms with Crippen LogP contribution in [0.5, 0.6) is 5.75 Å². The number of methoxy groups -OCH3 is 1. The minimum atomic E-state index is 0.108. The number of benzene rings is 1. The molecule has 1 aromatic heterocycles. The molecule has 25 heavy (non-hydrogen) atoms. The number of rotatable bonds is 5. The van der Waals surface area contributed by atoms with Gasteiger partial charge in [-0.1, -0.05) is 31.1 Å². The molecular formula is C19H25N3O3. The summed E-state index contributed by atoms with van der Waals surface area (Å²) in [6, 6.07) is 7.59. The quantitative estimate of drug-likeness (QED) is 0.831. The minimum Gasteiger partial charge on any atom is -0.497 e. The van der Waals surface area contributed by atoms with E-state index in [1.54, 1.807) is 7.11 Å². The van der Waals surface area contributed by atoms with Crippen molar-refractivity contribution in [2.45, 2.75) is 39.0 Å². The smallest absolute Gasteiger partial charge is 0.231 e. The highest BCUT2D eigenvalue weighted by molar-refractivity contribution is 5.76. The molecule has 0 radical (unpaired) electrons. The van der Waals surface area contributed by atoms with Crippen molar-refractivity contribution in [2.24, 2.45) is 5.92 Å². The van der Waals surface area contributed by atoms with Crippen molar-refractivity contribution in [3.05, 3.63) is 30.2 Å². The molecule has 1 aliphatic rings. The zero-order valence-corrected chi connectivity index (χ0v) is 15.1. The van der Waals surface area contributed by atoms with Crippen molar-refractivity contribution in [3.63, 3.8) is 0 Å². The summed E-state index contributed by atoms with van der Waals surface area (Å²) in [6.07, 6.45) is 2.52. The molecule has 6 nitrogen and oxygen atoms in total. The molecule has 0 saturated carbocycles. The van der Waals surface area contributed by atoms with Gasteiger partial charge in [0, 0.05) is 25.1 Å². The third-order valence-corrected chi connectivity index (χ3v) is 4.48. The van der Waals surface area contributed by atoms with Crippen molar-refractivity contribution in [1.82, 2.24) is 15.0 Å². The van der Waals surface area contributed by atoms with Crippen molar-refractivity contribution in [2.75, 3.05) is 20.2 Å². The van der Waals surface area contributed by atoms with Gasteiger partial charge < -0.3 is 14.2 Å². The molecule has 134 valence electrons. The van der Waals surface area contributed by atoms with Gasteiger partial charge in [-0.3, -0.25) is 4.79 Å². The number of ether oxygens (including phenoxy) is 1. The maximum atomic E-state index is 12.3. The molecule has 2 aromatic rings. The largest absolute Gasteiger partial charge is 0.497 e. The molecule has 0 spiro atoms. The summed E-state index contributed by atoms with van der Waals surface area (Å²) < 4.78 is 10.7. The van der Waals surface area contributed by atoms with E-state index in [4.69, 9.17) is 9.26 Å². The van der Waals surface area contributed by atoms with E-state index in [2.05, 4.69) is 24.0 Å². The lowest BCUT2D eigenvalue weighted by atomic mass is 9.97. The minimum absolute atomic E-state index is 0.108. The molecule has 0 bridgehead atoms. The Morgan fingerprint density at radius 2 is 2.28 bits per heavy atom. The summed E-state index contributed by atoms with van der Waals surface area (Å²) in [4.78, 5) is 18.8. The first-order chi connectivity index (χ1) is 12.1. The SMILES string of the molecule is COc1cccc(-c2noc(C3CCCN(C(=O)CC(C)C)C3)n2)c1. The fourth-order valence-corrected chi connectivity index (χ4v) is 3.16. The number of amides is 1. The molecule has 0 aliphatic carbocycles. The maximum Gasteiger partial charge on any atom is 0.231 e. The van der Waals surface area contributed by atoms with Crippen molar-refractivity contribution in [3.8, 4) is 17.1 Å². The van der Waals surface area contributed by atoms with Crippen molar-refractivity contribution >= 4 is 5.91 Å². The second-order valence-electron chi connectivity index (χ2n) is 6.97. The predicted molar refractivity (Wildman–Crippen MR) is 94.3 cm³/mol. The van der Waals surface area contributed by atoms with Crippen LogP contribution in [0.25, 0.3) is 11.4 Å². The van der Waals surface area contributed by atoms with Crippen LogP contribution in [0.2, 0.25) is 0 Å². The summed E-state index contributed by atoms with van der Waals surface area (Å²) in [7, 11) is 1.63. The summed E-state index contributed by atoms with van der Waals surface area (Å²) in [5.41, 5.74) is 0.859. The Hall–Kier alpha value is -2.37. The van der Waals surface area contributed by atoms with E-state index >= 15 is 0 Å². The number of piperidine rings is 1. The monoisotopic (exact) mass is 343 g/mol. The standard InChI is InChI=1S/C19H25N3O3/c1-13(2)10-17(23)22-9-5-7-15(12-22)19-20-18(21-25-19)14-6-4-8-16(11-14)24-3/h4,6,8,11,13,15H,5,7,9-10,12H2,1-3H3. The second-order valence-corrected chi connectivity index (χ2v) is 6.97. The molecule has 3 rings (SSSR count). The zero-order valence-electron chi connectivity index (χ0n) is 15.1. The molecule has 1 atom stereocenters. The van der Waals surface area contributed by atoms with Crippen LogP contribution < -0.4 is 4.74 Å². The van der Waals surface area contributed by atoms with Crippen LogP contribution in [-0.2, 0) is 4.79 Å². The van der Waals surface area contributed by atoms with Gasteiger partial charge >= 0.3 is 0 Å². The molecule has 1 aliphatic heterocycles. The van der Waals surface area contributed by atoms with Crippen LogP contribution in [0, 0.1) is 5.92 Å². The highest BCUT2D eigenvalue weighted by Crippen LogP contribution is 2.29. The Balaban J connectivity index is 1.72. The van der Waals surface area contributed by atoms with Crippen LogP contribution in [0.3, 0.4) is 0 Å². The highest BCUT2D eigenvalue weighted by Gasteiger charge is 2.28. The van der Waals surface area contributed by atoms with E-state index in [0.717, 1.165) is 30.7 Å². The van der Waals surface area contributed by atoms with Crippen LogP contribution >= 0.6 is 0 Å². The molecule has 6 heteroatoms. The number of hydrogen-bond donors (Lipinski definition) is 0. The third-order valence-electron chi connectivity index (χ3n) is 4.48. The molecule has 1 saturated heterocycles. The highest BCUT2D eigenvalue weighted by atomic mass is 16.5. The zero-order chi connectivity index (χ0) is 17.8. The second kappa shape index (κ2) is 7.68. The first-order valence-electron chi connectivity index (χ1n) is 8.82. The van der Waals surface area contributed by atoms with Gasteiger partial charge in [0.2, 0.25) is 17.6 Å². The lowest BCUT2D eigenvalue weighted by Gasteiger charge is -2.31. The number of likely N-dealkylation sites (tertiary alicyclic amines) is 1. The fourth-order valence-electron chi connectivity index (χ4n) is 3.16. The molecule has 1 aromatic carbocycles. The van der Waals surface area contributed by atoms with E-state index in [-0.39, 0.29) is 11.8 Å². The maximum absolute atomic E-state index is 12.3. The average Bonchev–Trinajstić information content (AvgIpc) is 3.11. The molecule has 1 fully saturated rings. The third kappa shape index (κ3) is 4.18. The molecule has 2 heterocycles. The lowest BCUT2D eigenvalue weighted by Crippen LogP contribution is -2.39. The fraction of sp³-hybridized carbons (Fsp3) is 0.526. The number of carbonyl (C=O) groups is 1. The Labute approximate surface area is 148 Å². The van der Waals surface area contributed by atoms with Crippen LogP contribution in [0.15, 0.2) is 28.8 Å². The van der Waals surface area contributed by atoms with Crippen molar-refractivity contribution in [1.29, 1.82) is 0 Å². The Bertz CT molecular complexity index is 726. The Morgan fingerprint density at radius 3 is 3.04 bits per heavy atom. The van der Waals surface area contributed by atoms with E-state index in [9.17, 15) is 4.79 Å². The Kier molecular flexibility index (Phi) is 5.36. The first kappa shape index (κ1) is 17.5. The number of hydrogen-bond acceptors (Lipinski definition) is 5. The average molecular weight is 343 g/mol. The van der Waals surface area contributed by atoms with Crippen LogP contribution in [-0.4, -0.2) is 41.1 Å². The topological polar surface area (TPSA) is 68.5 Å². The lowest BCUT2D eigenvalue weighted by molar-refractivity contribution is -0.133. The molecule has 1 amide bonds. The van der Waals surface area contributed by atoms with E-state index < -0.39 is 0 Å². The van der Waals surface area contributed by atoms with Gasteiger partial charge in [0.1, 0.15) is 5.75 Å². The van der Waals surface area contributed by atoms with Crippen LogP contribution in [0.4, 0.5) is 0 Å². The number of nitrogens with zero attached hydrogens (tertiary/aromatic N) is 3. The van der Waals surface area contributed by atoms with Crippen molar-refractivity contribution < 1.29 is 14.1 Å². The predicted octanol–water partition coefficient (Wildman–Crippen LogP) is 3.50. The van der Waals surface area contributed by atoms with E-state index in [0.29, 0.717) is 30.6 Å². The summed E-state index contributed by atoms with van der Waals surface area (Å²) in [5.74, 6) is 2.62. The van der Waals surface area contributed by atoms with Gasteiger partial charge in [-0.2, -0.15) is 4.98 Å². The molecule has 0 N–H and O–H groups in total. The van der Waals surface area contributed by atoms with E-state index in [1.807, 2.05) is 29.2 Å². The van der Waals surface area contributed by atoms with E-state index in [1.165, 1.54) is 0 Å². The van der Waals surface area contributed by atoms with Gasteiger partial charge in [0.05, 0.1) is 13.0 Å². The summed E-state index contributed by atoms with van der Waals surface area (Å²) >= 11 is 0. The van der Waals surface area contributed by atoms with Gasteiger partial charge in [-0.05, 0) is 30.9 Å². The van der Waals surface area contributed by atoms with Gasteiger partial charge in [0.15, 0.2) is 0 Å². The first-order valence-corrected chi connectivity index (χ1v) is 8.82. The van der Waals surface area contributed by atoms with Gasteiger partial charge in [-0.25, -0.2) is 0 Å². The summed E-state index contributed by atoms with van der Waals surface area (Å²) in [5, 5.41) is 4.11. The van der Waals surface area contributed by atoms with Crippen LogP contribution in [0.1, 0.15) is 44.9 Å². The number of aromatic nitrogens is 2. The molecular weight excluding hydrogens is 318 g/mol. The Morgan fingerprint density at radius 1 is 1.44 bits per heavy atom. The normalized spacial score (nSPS) is 17.8. The van der Waals surface area contributed by atoms with Gasteiger partial charge in [-0.15, -0.1) is 0 Å². The number of carbonyl (C=O) groups excluding carboxylic acids is 1. The molecule has 1 unspecified atom stereocenters. The summed E-state index contributed by atoms with van der Waals surface area (Å²) in [6.45, 7) is 5.61.